The smallest absolute Gasteiger partial charge is 0.140 e. The predicted octanol–water partition coefficient (Wildman–Crippen LogP) is 4.13. The van der Waals surface area contributed by atoms with Gasteiger partial charge in [0.1, 0.15) is 11.6 Å². The fourth-order valence-electron chi connectivity index (χ4n) is 2.03. The van der Waals surface area contributed by atoms with Crippen molar-refractivity contribution in [3.63, 3.8) is 0 Å². The number of aromatic nitrogens is 1. The molecule has 0 aliphatic carbocycles. The van der Waals surface area contributed by atoms with Crippen molar-refractivity contribution >= 4 is 23.1 Å². The van der Waals surface area contributed by atoms with Gasteiger partial charge in [-0.15, -0.1) is 0 Å². The van der Waals surface area contributed by atoms with E-state index in [1.165, 1.54) is 0 Å². The van der Waals surface area contributed by atoms with Crippen molar-refractivity contribution in [3.8, 4) is 5.75 Å². The molecular weight excluding hydrogens is 260 g/mol. The minimum Gasteiger partial charge on any atom is -0.506 e. The molecule has 2 aromatic rings. The number of aryl methyl sites for hydroxylation is 1. The molecule has 0 unspecified atom stereocenters. The van der Waals surface area contributed by atoms with E-state index in [4.69, 9.17) is 11.6 Å². The Morgan fingerprint density at radius 3 is 2.21 bits per heavy atom. The summed E-state index contributed by atoms with van der Waals surface area (Å²) < 4.78 is 0. The van der Waals surface area contributed by atoms with Crippen molar-refractivity contribution < 1.29 is 5.11 Å². The van der Waals surface area contributed by atoms with Gasteiger partial charge >= 0.3 is 0 Å². The Hall–Kier alpha value is -1.74. The zero-order valence-corrected chi connectivity index (χ0v) is 12.3. The zero-order valence-electron chi connectivity index (χ0n) is 11.5. The molecule has 4 heteroatoms. The highest BCUT2D eigenvalue weighted by Gasteiger charge is 2.15. The maximum absolute atomic E-state index is 9.90. The van der Waals surface area contributed by atoms with Crippen LogP contribution in [-0.4, -0.2) is 17.1 Å². The Bertz CT molecular complexity index is 609. The van der Waals surface area contributed by atoms with Gasteiger partial charge in [0.15, 0.2) is 0 Å². The molecule has 0 aliphatic rings. The van der Waals surface area contributed by atoms with Gasteiger partial charge in [0, 0.05) is 17.8 Å². The van der Waals surface area contributed by atoms with Gasteiger partial charge in [-0.05, 0) is 56.2 Å². The van der Waals surface area contributed by atoms with Gasteiger partial charge in [0.2, 0.25) is 0 Å². The van der Waals surface area contributed by atoms with Gasteiger partial charge in [-0.1, -0.05) is 11.6 Å². The van der Waals surface area contributed by atoms with E-state index < -0.39 is 0 Å². The first-order valence-corrected chi connectivity index (χ1v) is 6.45. The van der Waals surface area contributed by atoms with Crippen LogP contribution in [0, 0.1) is 20.8 Å². The van der Waals surface area contributed by atoms with Crippen molar-refractivity contribution in [1.29, 1.82) is 0 Å². The third-order valence-corrected chi connectivity index (χ3v) is 3.65. The van der Waals surface area contributed by atoms with Gasteiger partial charge in [-0.3, -0.25) is 0 Å². The monoisotopic (exact) mass is 276 g/mol. The Morgan fingerprint density at radius 2 is 1.63 bits per heavy atom. The summed E-state index contributed by atoms with van der Waals surface area (Å²) in [6.07, 6.45) is 0. The fraction of sp³-hybridized carbons (Fsp3) is 0.267. The van der Waals surface area contributed by atoms with E-state index in [1.807, 2.05) is 50.1 Å². The average molecular weight is 277 g/mol. The summed E-state index contributed by atoms with van der Waals surface area (Å²) in [5, 5.41) is 10.6. The molecule has 1 N–H and O–H groups in total. The number of halogens is 1. The fourth-order valence-corrected chi connectivity index (χ4v) is 2.15. The summed E-state index contributed by atoms with van der Waals surface area (Å²) in [7, 11) is 1.95. The predicted molar refractivity (Wildman–Crippen MR) is 79.6 cm³/mol. The van der Waals surface area contributed by atoms with Gasteiger partial charge in [-0.25, -0.2) is 4.98 Å². The number of hydrogen-bond donors (Lipinski definition) is 1. The number of hydrogen-bond acceptors (Lipinski definition) is 3. The second-order valence-corrected chi connectivity index (χ2v) is 5.09. The van der Waals surface area contributed by atoms with Gasteiger partial charge in [0.25, 0.3) is 0 Å². The number of anilines is 2. The van der Waals surface area contributed by atoms with Gasteiger partial charge < -0.3 is 10.0 Å². The number of pyridine rings is 1. The summed E-state index contributed by atoms with van der Waals surface area (Å²) >= 11 is 5.90. The number of rotatable bonds is 2. The molecule has 100 valence electrons. The molecule has 1 heterocycles. The van der Waals surface area contributed by atoms with Crippen LogP contribution in [0.25, 0.3) is 0 Å². The standard InChI is InChI=1S/C15H17ClN2O/c1-9-10(2)15(17-11(3)14(9)19)18(4)13-7-5-12(16)6-8-13/h5-8,19H,1-4H3. The lowest BCUT2D eigenvalue weighted by atomic mass is 10.1. The average Bonchev–Trinajstić information content (AvgIpc) is 2.40. The van der Waals surface area contributed by atoms with Crippen molar-refractivity contribution in [3.05, 3.63) is 46.1 Å². The molecule has 0 amide bonds. The molecule has 1 aromatic carbocycles. The van der Waals surface area contributed by atoms with Crippen LogP contribution in [0.3, 0.4) is 0 Å². The van der Waals surface area contributed by atoms with Crippen LogP contribution in [0.1, 0.15) is 16.8 Å². The zero-order chi connectivity index (χ0) is 14.2. The Kier molecular flexibility index (Phi) is 3.67. The second-order valence-electron chi connectivity index (χ2n) is 4.65. The first kappa shape index (κ1) is 13.7. The van der Waals surface area contributed by atoms with Crippen LogP contribution in [-0.2, 0) is 0 Å². The summed E-state index contributed by atoms with van der Waals surface area (Å²) in [6, 6.07) is 7.59. The van der Waals surface area contributed by atoms with Gasteiger partial charge in [0.05, 0.1) is 5.69 Å². The van der Waals surface area contributed by atoms with Crippen molar-refractivity contribution in [2.75, 3.05) is 11.9 Å². The molecule has 2 rings (SSSR count). The maximum Gasteiger partial charge on any atom is 0.140 e. The molecular formula is C15H17ClN2O. The van der Waals surface area contributed by atoms with Gasteiger partial charge in [-0.2, -0.15) is 0 Å². The number of aromatic hydroxyl groups is 1. The van der Waals surface area contributed by atoms with Crippen molar-refractivity contribution in [1.82, 2.24) is 4.98 Å². The van der Waals surface area contributed by atoms with Crippen LogP contribution < -0.4 is 4.90 Å². The first-order valence-electron chi connectivity index (χ1n) is 6.08. The molecule has 3 nitrogen and oxygen atoms in total. The highest BCUT2D eigenvalue weighted by molar-refractivity contribution is 6.30. The van der Waals surface area contributed by atoms with E-state index in [1.54, 1.807) is 6.92 Å². The van der Waals surface area contributed by atoms with Crippen LogP contribution in [0.5, 0.6) is 5.75 Å². The van der Waals surface area contributed by atoms with Crippen LogP contribution >= 0.6 is 11.6 Å². The van der Waals surface area contributed by atoms with E-state index in [9.17, 15) is 5.11 Å². The second kappa shape index (κ2) is 5.10. The first-order chi connectivity index (χ1) is 8.91. The molecule has 19 heavy (non-hydrogen) atoms. The van der Waals surface area contributed by atoms with E-state index in [-0.39, 0.29) is 5.75 Å². The Balaban J connectivity index is 2.50. The molecule has 0 saturated carbocycles. The van der Waals surface area contributed by atoms with Crippen LogP contribution in [0.4, 0.5) is 11.5 Å². The summed E-state index contributed by atoms with van der Waals surface area (Å²) in [5.41, 5.74) is 3.48. The topological polar surface area (TPSA) is 36.4 Å². The summed E-state index contributed by atoms with van der Waals surface area (Å²) in [4.78, 5) is 6.47. The molecule has 0 saturated heterocycles. The van der Waals surface area contributed by atoms with Crippen molar-refractivity contribution in [2.24, 2.45) is 0 Å². The quantitative estimate of drug-likeness (QED) is 0.896. The summed E-state index contributed by atoms with van der Waals surface area (Å²) in [6.45, 7) is 5.67. The third-order valence-electron chi connectivity index (χ3n) is 3.40. The van der Waals surface area contributed by atoms with E-state index in [0.717, 1.165) is 22.6 Å². The molecule has 0 radical (unpaired) electrons. The molecule has 0 spiro atoms. The Labute approximate surface area is 118 Å². The minimum atomic E-state index is 0.269. The van der Waals surface area contributed by atoms with Crippen LogP contribution in [0.15, 0.2) is 24.3 Å². The SMILES string of the molecule is Cc1nc(N(C)c2ccc(Cl)cc2)c(C)c(C)c1O. The van der Waals surface area contributed by atoms with Crippen molar-refractivity contribution in [2.45, 2.75) is 20.8 Å². The lowest BCUT2D eigenvalue weighted by Crippen LogP contribution is -2.14. The molecule has 0 fully saturated rings. The molecule has 0 aliphatic heterocycles. The van der Waals surface area contributed by atoms with E-state index in [0.29, 0.717) is 10.7 Å². The Morgan fingerprint density at radius 1 is 1.05 bits per heavy atom. The number of benzene rings is 1. The van der Waals surface area contributed by atoms with Crippen LogP contribution in [0.2, 0.25) is 5.02 Å². The van der Waals surface area contributed by atoms with E-state index >= 15 is 0 Å². The lowest BCUT2D eigenvalue weighted by Gasteiger charge is -2.22. The number of nitrogens with zero attached hydrogens (tertiary/aromatic N) is 2. The highest BCUT2D eigenvalue weighted by Crippen LogP contribution is 2.32. The van der Waals surface area contributed by atoms with E-state index in [2.05, 4.69) is 4.98 Å². The third kappa shape index (κ3) is 2.51. The normalized spacial score (nSPS) is 10.6. The largest absolute Gasteiger partial charge is 0.506 e. The summed E-state index contributed by atoms with van der Waals surface area (Å²) in [5.74, 6) is 1.11. The highest BCUT2D eigenvalue weighted by atomic mass is 35.5. The maximum atomic E-state index is 9.90. The molecule has 1 aromatic heterocycles. The molecule has 0 bridgehead atoms. The minimum absolute atomic E-state index is 0.269. The molecule has 0 atom stereocenters. The lowest BCUT2D eigenvalue weighted by molar-refractivity contribution is 0.462.